The number of anilines is 1. The minimum Gasteiger partial charge on any atom is -0.507 e. The second kappa shape index (κ2) is 5.25. The smallest absolute Gasteiger partial charge is 0.255 e. The average Bonchev–Trinajstić information content (AvgIpc) is 2.75. The number of amides is 1. The summed E-state index contributed by atoms with van der Waals surface area (Å²) in [6.45, 7) is 0.256. The second-order valence-electron chi connectivity index (χ2n) is 3.65. The second-order valence-corrected chi connectivity index (χ2v) is 4.90. The molecule has 1 amide bonds. The first-order chi connectivity index (χ1) is 8.58. The quantitative estimate of drug-likeness (QED) is 0.620. The summed E-state index contributed by atoms with van der Waals surface area (Å²) in [7, 11) is 0. The number of halogens is 1. The number of rotatable bonds is 3. The first-order valence-corrected chi connectivity index (χ1v) is 6.20. The number of hydrogen-bond donors (Lipinski definition) is 4. The number of nitrogen functional groups attached to an aromatic ring is 1. The van der Waals surface area contributed by atoms with Crippen LogP contribution in [0.3, 0.4) is 0 Å². The molecule has 0 aliphatic rings. The Hall–Kier alpha value is -1.77. The normalized spacial score (nSPS) is 10.3. The number of phenolic OH excluding ortho intramolecular Hbond substituents is 1. The van der Waals surface area contributed by atoms with Crippen LogP contribution in [0.4, 0.5) is 5.82 Å². The lowest BCUT2D eigenvalue weighted by atomic mass is 10.2. The fourth-order valence-corrected chi connectivity index (χ4v) is 1.91. The summed E-state index contributed by atoms with van der Waals surface area (Å²) in [5.74, 6) is 0.0156. The van der Waals surface area contributed by atoms with Crippen LogP contribution in [0.25, 0.3) is 0 Å². The molecule has 0 radical (unpaired) electrons. The van der Waals surface area contributed by atoms with Crippen LogP contribution in [0.15, 0.2) is 24.4 Å². The van der Waals surface area contributed by atoms with E-state index in [2.05, 4.69) is 38.1 Å². The molecule has 6 nitrogen and oxygen atoms in total. The van der Waals surface area contributed by atoms with Crippen molar-refractivity contribution in [3.63, 3.8) is 0 Å². The zero-order chi connectivity index (χ0) is 13.1. The largest absolute Gasteiger partial charge is 0.507 e. The van der Waals surface area contributed by atoms with Crippen LogP contribution in [0.2, 0.25) is 0 Å². The fourth-order valence-electron chi connectivity index (χ4n) is 1.42. The molecule has 0 aliphatic carbocycles. The number of benzene rings is 1. The molecule has 2 rings (SSSR count). The van der Waals surface area contributed by atoms with Crippen molar-refractivity contribution >= 4 is 34.3 Å². The molecule has 5 N–H and O–H groups in total. The van der Waals surface area contributed by atoms with E-state index in [1.165, 1.54) is 6.07 Å². The highest BCUT2D eigenvalue weighted by molar-refractivity contribution is 14.1. The van der Waals surface area contributed by atoms with Gasteiger partial charge in [0, 0.05) is 15.7 Å². The molecule has 1 aromatic carbocycles. The maximum Gasteiger partial charge on any atom is 0.255 e. The van der Waals surface area contributed by atoms with Crippen molar-refractivity contribution in [2.75, 3.05) is 5.73 Å². The van der Waals surface area contributed by atoms with Gasteiger partial charge in [-0.3, -0.25) is 9.89 Å². The summed E-state index contributed by atoms with van der Waals surface area (Å²) < 4.78 is 0.873. The van der Waals surface area contributed by atoms with Crippen LogP contribution >= 0.6 is 22.6 Å². The van der Waals surface area contributed by atoms with Crippen molar-refractivity contribution in [3.8, 4) is 5.75 Å². The minimum absolute atomic E-state index is 0.0481. The van der Waals surface area contributed by atoms with Crippen LogP contribution in [0, 0.1) is 3.57 Å². The molecular weight excluding hydrogens is 347 g/mol. The fraction of sp³-hybridized carbons (Fsp3) is 0.0909. The summed E-state index contributed by atoms with van der Waals surface area (Å²) >= 11 is 2.07. The van der Waals surface area contributed by atoms with Gasteiger partial charge in [0.1, 0.15) is 11.6 Å². The van der Waals surface area contributed by atoms with Crippen LogP contribution in [-0.2, 0) is 6.54 Å². The van der Waals surface area contributed by atoms with Gasteiger partial charge in [-0.2, -0.15) is 5.10 Å². The van der Waals surface area contributed by atoms with Crippen molar-refractivity contribution in [1.29, 1.82) is 0 Å². The molecular formula is C11H11IN4O2. The lowest BCUT2D eigenvalue weighted by Crippen LogP contribution is -2.23. The van der Waals surface area contributed by atoms with E-state index in [0.29, 0.717) is 11.4 Å². The highest BCUT2D eigenvalue weighted by atomic mass is 127. The number of nitrogens with one attached hydrogen (secondary N) is 2. The molecule has 0 saturated heterocycles. The van der Waals surface area contributed by atoms with Crippen molar-refractivity contribution < 1.29 is 9.90 Å². The number of hydrogen-bond acceptors (Lipinski definition) is 4. The Bertz CT molecular complexity index is 582. The van der Waals surface area contributed by atoms with Gasteiger partial charge in [-0.25, -0.2) is 0 Å². The predicted octanol–water partition coefficient (Wildman–Crippen LogP) is 1.23. The van der Waals surface area contributed by atoms with Crippen molar-refractivity contribution in [2.45, 2.75) is 6.54 Å². The molecule has 1 heterocycles. The number of aromatic hydroxyl groups is 1. The van der Waals surface area contributed by atoms with Crippen molar-refractivity contribution in [2.24, 2.45) is 0 Å². The number of phenols is 1. The van der Waals surface area contributed by atoms with Crippen LogP contribution in [0.1, 0.15) is 15.9 Å². The SMILES string of the molecule is Nc1[nH]ncc1CNC(=O)c1cc(I)ccc1O. The molecule has 18 heavy (non-hydrogen) atoms. The summed E-state index contributed by atoms with van der Waals surface area (Å²) in [4.78, 5) is 11.9. The zero-order valence-electron chi connectivity index (χ0n) is 9.27. The van der Waals surface area contributed by atoms with E-state index in [0.717, 1.165) is 3.57 Å². The van der Waals surface area contributed by atoms with E-state index < -0.39 is 0 Å². The summed E-state index contributed by atoms with van der Waals surface area (Å²) in [6.07, 6.45) is 1.55. The summed E-state index contributed by atoms with van der Waals surface area (Å²) in [5, 5.41) is 18.6. The number of carbonyl (C=O) groups is 1. The van der Waals surface area contributed by atoms with E-state index in [1.807, 2.05) is 0 Å². The van der Waals surface area contributed by atoms with Gasteiger partial charge in [0.25, 0.3) is 5.91 Å². The van der Waals surface area contributed by atoms with Crippen LogP contribution in [-0.4, -0.2) is 21.2 Å². The van der Waals surface area contributed by atoms with Gasteiger partial charge in [-0.1, -0.05) is 0 Å². The molecule has 0 atom stereocenters. The van der Waals surface area contributed by atoms with Gasteiger partial charge >= 0.3 is 0 Å². The average molecular weight is 358 g/mol. The monoisotopic (exact) mass is 358 g/mol. The molecule has 0 spiro atoms. The number of nitrogens with two attached hydrogens (primary N) is 1. The number of H-pyrrole nitrogens is 1. The van der Waals surface area contributed by atoms with E-state index in [4.69, 9.17) is 5.73 Å². The van der Waals surface area contributed by atoms with E-state index in [-0.39, 0.29) is 23.8 Å². The molecule has 7 heteroatoms. The van der Waals surface area contributed by atoms with Gasteiger partial charge in [0.2, 0.25) is 0 Å². The molecule has 0 saturated carbocycles. The maximum absolute atomic E-state index is 11.9. The molecule has 0 bridgehead atoms. The number of nitrogens with zero attached hydrogens (tertiary/aromatic N) is 1. The van der Waals surface area contributed by atoms with Gasteiger partial charge in [0.05, 0.1) is 11.8 Å². The van der Waals surface area contributed by atoms with Gasteiger partial charge in [0.15, 0.2) is 0 Å². The third-order valence-electron chi connectivity index (χ3n) is 2.39. The Morgan fingerprint density at radius 1 is 1.56 bits per heavy atom. The molecule has 0 fully saturated rings. The minimum atomic E-state index is -0.355. The number of carbonyl (C=O) groups excluding carboxylic acids is 1. The maximum atomic E-state index is 11.9. The Morgan fingerprint density at radius 2 is 2.33 bits per heavy atom. The third kappa shape index (κ3) is 2.73. The molecule has 0 unspecified atom stereocenters. The van der Waals surface area contributed by atoms with E-state index in [1.54, 1.807) is 18.3 Å². The highest BCUT2D eigenvalue weighted by Gasteiger charge is 2.12. The van der Waals surface area contributed by atoms with Crippen molar-refractivity contribution in [1.82, 2.24) is 15.5 Å². The molecule has 2 aromatic rings. The standard InChI is InChI=1S/C11H11IN4O2/c12-7-1-2-9(17)8(3-7)11(18)14-4-6-5-15-16-10(6)13/h1-3,5,17H,4H2,(H,14,18)(H3,13,15,16). The summed E-state index contributed by atoms with van der Waals surface area (Å²) in [6, 6.07) is 4.83. The lowest BCUT2D eigenvalue weighted by Gasteiger charge is -2.06. The topological polar surface area (TPSA) is 104 Å². The predicted molar refractivity (Wildman–Crippen MR) is 75.0 cm³/mol. The molecule has 0 aliphatic heterocycles. The third-order valence-corrected chi connectivity index (χ3v) is 3.06. The Morgan fingerprint density at radius 3 is 3.00 bits per heavy atom. The van der Waals surface area contributed by atoms with Crippen LogP contribution < -0.4 is 11.1 Å². The molecule has 94 valence electrons. The number of aromatic amines is 1. The van der Waals surface area contributed by atoms with E-state index in [9.17, 15) is 9.90 Å². The zero-order valence-corrected chi connectivity index (χ0v) is 11.4. The summed E-state index contributed by atoms with van der Waals surface area (Å²) in [5.41, 5.74) is 6.54. The van der Waals surface area contributed by atoms with Crippen LogP contribution in [0.5, 0.6) is 5.75 Å². The first-order valence-electron chi connectivity index (χ1n) is 5.12. The van der Waals surface area contributed by atoms with Crippen molar-refractivity contribution in [3.05, 3.63) is 39.1 Å². The van der Waals surface area contributed by atoms with E-state index >= 15 is 0 Å². The highest BCUT2D eigenvalue weighted by Crippen LogP contribution is 2.19. The Balaban J connectivity index is 2.08. The molecule has 1 aromatic heterocycles. The Labute approximate surface area is 117 Å². The van der Waals surface area contributed by atoms with Gasteiger partial charge in [-0.05, 0) is 40.8 Å². The number of aromatic nitrogens is 2. The first kappa shape index (κ1) is 12.7. The lowest BCUT2D eigenvalue weighted by molar-refractivity contribution is 0.0948. The Kier molecular flexibility index (Phi) is 3.70. The van der Waals surface area contributed by atoms with Gasteiger partial charge < -0.3 is 16.2 Å². The van der Waals surface area contributed by atoms with Gasteiger partial charge in [-0.15, -0.1) is 0 Å².